The van der Waals surface area contributed by atoms with Crippen LogP contribution < -0.4 is 14.8 Å². The van der Waals surface area contributed by atoms with Gasteiger partial charge in [-0.2, -0.15) is 0 Å². The van der Waals surface area contributed by atoms with Crippen LogP contribution in [0.1, 0.15) is 29.9 Å². The van der Waals surface area contributed by atoms with Crippen molar-refractivity contribution in [2.24, 2.45) is 13.0 Å². The zero-order valence-corrected chi connectivity index (χ0v) is 25.4. The minimum absolute atomic E-state index is 0.155. The fraction of sp³-hybridized carbons (Fsp3) is 0.353. The largest absolute Gasteiger partial charge is 0.454 e. The number of urea groups is 1. The Morgan fingerprint density at radius 2 is 1.84 bits per heavy atom. The number of anilines is 1. The maximum absolute atomic E-state index is 14.5. The first-order valence-electron chi connectivity index (χ1n) is 14.9. The van der Waals surface area contributed by atoms with E-state index in [1.807, 2.05) is 74.0 Å². The Morgan fingerprint density at radius 3 is 2.66 bits per heavy atom. The minimum Gasteiger partial charge on any atom is -0.454 e. The third kappa shape index (κ3) is 5.46. The number of likely N-dealkylation sites (N-methyl/N-ethyl adjacent to an activating group) is 1. The second-order valence-corrected chi connectivity index (χ2v) is 11.7. The van der Waals surface area contributed by atoms with Gasteiger partial charge in [0, 0.05) is 61.3 Å². The SMILES string of the molecule is C[C@@H]1CN([C@@H](C)CO)C(=O)c2c(c3ccccc3n2C)-c2ccccc2CO[C@@H]1CN(C)C(=O)Nc1ccc2c(c1)OCO2. The zero-order chi connectivity index (χ0) is 31.0. The third-order valence-corrected chi connectivity index (χ3v) is 8.65. The normalized spacial score (nSPS) is 18.8. The van der Waals surface area contributed by atoms with E-state index in [0.29, 0.717) is 36.0 Å². The molecule has 2 aliphatic heterocycles. The van der Waals surface area contributed by atoms with E-state index in [2.05, 4.69) is 5.32 Å². The maximum Gasteiger partial charge on any atom is 0.321 e. The van der Waals surface area contributed by atoms with Gasteiger partial charge in [0.05, 0.1) is 25.4 Å². The average Bonchev–Trinajstić information content (AvgIpc) is 3.62. The molecule has 44 heavy (non-hydrogen) atoms. The van der Waals surface area contributed by atoms with Crippen LogP contribution in [0.15, 0.2) is 66.7 Å². The van der Waals surface area contributed by atoms with Gasteiger partial charge in [0.15, 0.2) is 11.5 Å². The van der Waals surface area contributed by atoms with E-state index in [4.69, 9.17) is 14.2 Å². The molecular weight excluding hydrogens is 560 g/mol. The minimum atomic E-state index is -0.431. The van der Waals surface area contributed by atoms with Crippen LogP contribution >= 0.6 is 0 Å². The number of benzene rings is 3. The number of para-hydroxylation sites is 1. The number of nitrogens with one attached hydrogen (secondary N) is 1. The van der Waals surface area contributed by atoms with E-state index in [0.717, 1.165) is 27.6 Å². The molecule has 0 saturated heterocycles. The van der Waals surface area contributed by atoms with Crippen molar-refractivity contribution in [3.63, 3.8) is 0 Å². The van der Waals surface area contributed by atoms with E-state index in [1.54, 1.807) is 35.0 Å². The summed E-state index contributed by atoms with van der Waals surface area (Å²) >= 11 is 0. The van der Waals surface area contributed by atoms with Gasteiger partial charge < -0.3 is 39.0 Å². The standard InChI is InChI=1S/C34H38N4O6/c1-21-16-38(22(2)18-39)33(40)32-31(26-11-7-8-12-27(26)37(32)4)25-10-6-5-9-23(25)19-42-30(21)17-36(3)34(41)35-24-13-14-28-29(15-24)44-20-43-28/h5-15,21-22,30,39H,16-20H2,1-4H3,(H,35,41)/t21-,22+,30-/m1/s1. The van der Waals surface area contributed by atoms with E-state index in [1.165, 1.54) is 0 Å². The van der Waals surface area contributed by atoms with E-state index >= 15 is 0 Å². The monoisotopic (exact) mass is 598 g/mol. The number of aromatic nitrogens is 1. The molecule has 0 saturated carbocycles. The Bertz CT molecular complexity index is 1700. The van der Waals surface area contributed by atoms with Crippen LogP contribution in [0.2, 0.25) is 0 Å². The summed E-state index contributed by atoms with van der Waals surface area (Å²) in [6.45, 7) is 4.76. The number of fused-ring (bicyclic) bond motifs is 6. The van der Waals surface area contributed by atoms with Gasteiger partial charge in [0.25, 0.3) is 5.91 Å². The van der Waals surface area contributed by atoms with Gasteiger partial charge >= 0.3 is 6.03 Å². The quantitative estimate of drug-likeness (QED) is 0.332. The van der Waals surface area contributed by atoms with Gasteiger partial charge in [0.1, 0.15) is 5.69 Å². The number of hydrogen-bond acceptors (Lipinski definition) is 6. The van der Waals surface area contributed by atoms with Crippen LogP contribution in [-0.2, 0) is 18.4 Å². The lowest BCUT2D eigenvalue weighted by molar-refractivity contribution is -0.0179. The summed E-state index contributed by atoms with van der Waals surface area (Å²) in [6.07, 6.45) is -0.408. The molecule has 6 rings (SSSR count). The number of amides is 3. The zero-order valence-electron chi connectivity index (χ0n) is 25.4. The van der Waals surface area contributed by atoms with Crippen molar-refractivity contribution < 1.29 is 28.9 Å². The van der Waals surface area contributed by atoms with Crippen molar-refractivity contribution in [1.82, 2.24) is 14.4 Å². The van der Waals surface area contributed by atoms with E-state index in [-0.39, 0.29) is 37.8 Å². The summed E-state index contributed by atoms with van der Waals surface area (Å²) < 4.78 is 19.4. The molecule has 4 aromatic rings. The highest BCUT2D eigenvalue weighted by Crippen LogP contribution is 2.38. The molecule has 10 nitrogen and oxygen atoms in total. The number of rotatable bonds is 5. The molecule has 0 radical (unpaired) electrons. The van der Waals surface area contributed by atoms with Crippen molar-refractivity contribution in [3.8, 4) is 22.6 Å². The molecule has 0 spiro atoms. The van der Waals surface area contributed by atoms with Crippen molar-refractivity contribution in [2.75, 3.05) is 38.9 Å². The first-order valence-corrected chi connectivity index (χ1v) is 14.9. The summed E-state index contributed by atoms with van der Waals surface area (Å²) in [7, 11) is 3.64. The number of carbonyl (C=O) groups is 2. The summed E-state index contributed by atoms with van der Waals surface area (Å²) in [5.74, 6) is 0.900. The van der Waals surface area contributed by atoms with Crippen LogP contribution in [0.25, 0.3) is 22.0 Å². The molecule has 3 amide bonds. The molecule has 10 heteroatoms. The molecule has 2 aliphatic rings. The van der Waals surface area contributed by atoms with Crippen LogP contribution in [0.4, 0.5) is 10.5 Å². The topological polar surface area (TPSA) is 106 Å². The van der Waals surface area contributed by atoms with Crippen molar-refractivity contribution in [1.29, 1.82) is 0 Å². The molecule has 3 atom stereocenters. The molecule has 0 aliphatic carbocycles. The van der Waals surface area contributed by atoms with Crippen LogP contribution in [0.3, 0.4) is 0 Å². The van der Waals surface area contributed by atoms with E-state index < -0.39 is 12.1 Å². The lowest BCUT2D eigenvalue weighted by Gasteiger charge is -2.35. The maximum atomic E-state index is 14.5. The van der Waals surface area contributed by atoms with Gasteiger partial charge in [-0.05, 0) is 36.2 Å². The number of nitrogens with zero attached hydrogens (tertiary/aromatic N) is 3. The second-order valence-electron chi connectivity index (χ2n) is 11.7. The molecular formula is C34H38N4O6. The summed E-state index contributed by atoms with van der Waals surface area (Å²) in [6, 6.07) is 20.5. The van der Waals surface area contributed by atoms with Gasteiger partial charge in [-0.25, -0.2) is 4.79 Å². The molecule has 2 N–H and O–H groups in total. The Kier molecular flexibility index (Phi) is 8.20. The Labute approximate surface area is 256 Å². The van der Waals surface area contributed by atoms with Crippen LogP contribution in [0, 0.1) is 5.92 Å². The highest BCUT2D eigenvalue weighted by atomic mass is 16.7. The first kappa shape index (κ1) is 29.5. The molecule has 1 aromatic heterocycles. The molecule has 230 valence electrons. The average molecular weight is 599 g/mol. The number of ether oxygens (including phenoxy) is 3. The Balaban J connectivity index is 1.33. The van der Waals surface area contributed by atoms with Gasteiger partial charge in [0.2, 0.25) is 6.79 Å². The predicted octanol–water partition coefficient (Wildman–Crippen LogP) is 5.10. The highest BCUT2D eigenvalue weighted by Gasteiger charge is 2.34. The third-order valence-electron chi connectivity index (χ3n) is 8.65. The van der Waals surface area contributed by atoms with Gasteiger partial charge in [-0.3, -0.25) is 4.79 Å². The van der Waals surface area contributed by atoms with Gasteiger partial charge in [-0.15, -0.1) is 0 Å². The molecule has 3 aromatic carbocycles. The van der Waals surface area contributed by atoms with Crippen molar-refractivity contribution in [2.45, 2.75) is 32.6 Å². The lowest BCUT2D eigenvalue weighted by Crippen LogP contribution is -2.48. The number of hydrogen-bond donors (Lipinski definition) is 2. The molecule has 0 fully saturated rings. The van der Waals surface area contributed by atoms with Crippen LogP contribution in [-0.4, -0.2) is 77.1 Å². The summed E-state index contributed by atoms with van der Waals surface area (Å²) in [4.78, 5) is 31.1. The first-order chi connectivity index (χ1) is 21.3. The summed E-state index contributed by atoms with van der Waals surface area (Å²) in [5, 5.41) is 14.1. The molecule has 0 unspecified atom stereocenters. The van der Waals surface area contributed by atoms with Crippen LogP contribution in [0.5, 0.6) is 11.5 Å². The Morgan fingerprint density at radius 1 is 1.09 bits per heavy atom. The van der Waals surface area contributed by atoms with Crippen molar-refractivity contribution in [3.05, 3.63) is 78.0 Å². The Hall–Kier alpha value is -4.54. The van der Waals surface area contributed by atoms with E-state index in [9.17, 15) is 14.7 Å². The number of aliphatic hydroxyl groups excluding tert-OH is 1. The number of carbonyl (C=O) groups excluding carboxylic acids is 2. The number of aliphatic hydroxyl groups is 1. The second kappa shape index (κ2) is 12.2. The predicted molar refractivity (Wildman–Crippen MR) is 168 cm³/mol. The fourth-order valence-electron chi connectivity index (χ4n) is 6.07. The molecule has 0 bridgehead atoms. The van der Waals surface area contributed by atoms with Gasteiger partial charge in [-0.1, -0.05) is 49.4 Å². The van der Waals surface area contributed by atoms with Crippen molar-refractivity contribution >= 4 is 28.5 Å². The molecule has 3 heterocycles. The summed E-state index contributed by atoms with van der Waals surface area (Å²) in [5.41, 5.74) is 4.85. The highest BCUT2D eigenvalue weighted by molar-refractivity contribution is 6.10. The lowest BCUT2D eigenvalue weighted by atomic mass is 9.96. The number of aryl methyl sites for hydroxylation is 1. The smallest absolute Gasteiger partial charge is 0.321 e. The fourth-order valence-corrected chi connectivity index (χ4v) is 6.07.